The van der Waals surface area contributed by atoms with E-state index in [1.807, 2.05) is 66.7 Å². The Morgan fingerprint density at radius 1 is 0.315 bits per heavy atom. The zero-order chi connectivity index (χ0) is 51.8. The van der Waals surface area contributed by atoms with Crippen LogP contribution in [-0.2, 0) is 90.1 Å². The van der Waals surface area contributed by atoms with Crippen LogP contribution in [0.5, 0.6) is 0 Å². The number of nitrogens with zero attached hydrogens (tertiary/aromatic N) is 1. The van der Waals surface area contributed by atoms with Crippen LogP contribution in [0, 0.1) is 11.3 Å². The highest BCUT2D eigenvalue weighted by Gasteiger charge is 2.20. The predicted octanol–water partition coefficient (Wildman–Crippen LogP) is 4.25. The molecule has 20 heteroatoms. The fourth-order valence-corrected chi connectivity index (χ4v) is 5.90. The standard InChI is InChI=1S/C53H85NO19/c1-2-13-56-14-15-57-16-17-58-18-19-59-20-21-60-22-23-61-24-25-62-26-27-63-28-29-64-30-31-65-32-33-66-34-35-67-36-37-68-38-39-69-40-41-70-42-43-71-44-45-72-46-47-73-53(55)51(48-54)52(49-9-5-3-6-10-49)50-11-7-4-8-12-50/h3-12H,2,13-47H2,1H3. The number of hydrogen-bond acceptors (Lipinski definition) is 20. The molecule has 0 radical (unpaired) electrons. The molecule has 0 unspecified atom stereocenters. The summed E-state index contributed by atoms with van der Waals surface area (Å²) in [5, 5.41) is 9.85. The maximum Gasteiger partial charge on any atom is 0.349 e. The van der Waals surface area contributed by atoms with Crippen LogP contribution in [0.2, 0.25) is 0 Å². The normalized spacial score (nSPS) is 11.3. The maximum atomic E-state index is 12.8. The zero-order valence-electron chi connectivity index (χ0n) is 43.4. The van der Waals surface area contributed by atoms with E-state index in [0.717, 1.165) is 24.2 Å². The van der Waals surface area contributed by atoms with E-state index < -0.39 is 5.97 Å². The topological polar surface area (TPSA) is 207 Å². The third-order valence-corrected chi connectivity index (χ3v) is 9.45. The molecule has 0 bridgehead atoms. The minimum Gasteiger partial charge on any atom is -0.459 e. The number of benzene rings is 2. The molecule has 0 aliphatic carbocycles. The lowest BCUT2D eigenvalue weighted by Gasteiger charge is -2.12. The van der Waals surface area contributed by atoms with Crippen molar-refractivity contribution in [2.75, 3.05) is 231 Å². The van der Waals surface area contributed by atoms with Gasteiger partial charge in [0.25, 0.3) is 0 Å². The summed E-state index contributed by atoms with van der Waals surface area (Å²) in [6, 6.07) is 20.6. The van der Waals surface area contributed by atoms with Gasteiger partial charge in [-0.05, 0) is 17.5 Å². The van der Waals surface area contributed by atoms with E-state index in [1.165, 1.54) is 0 Å². The molecule has 416 valence electrons. The van der Waals surface area contributed by atoms with Crippen LogP contribution in [0.1, 0.15) is 24.5 Å². The summed E-state index contributed by atoms with van der Waals surface area (Å²) in [7, 11) is 0. The average molecular weight is 1040 g/mol. The summed E-state index contributed by atoms with van der Waals surface area (Å²) in [4.78, 5) is 12.8. The monoisotopic (exact) mass is 1040 g/mol. The van der Waals surface area contributed by atoms with Crippen molar-refractivity contribution in [3.8, 4) is 6.07 Å². The first kappa shape index (κ1) is 65.6. The molecule has 0 aliphatic heterocycles. The number of esters is 1. The Balaban J connectivity index is 1.18. The molecule has 0 heterocycles. The third-order valence-electron chi connectivity index (χ3n) is 9.45. The van der Waals surface area contributed by atoms with Crippen molar-refractivity contribution in [1.82, 2.24) is 0 Å². The van der Waals surface area contributed by atoms with Crippen molar-refractivity contribution < 1.29 is 90.1 Å². The average Bonchev–Trinajstić information content (AvgIpc) is 3.41. The van der Waals surface area contributed by atoms with Gasteiger partial charge in [0.1, 0.15) is 18.2 Å². The smallest absolute Gasteiger partial charge is 0.349 e. The third kappa shape index (κ3) is 41.4. The number of ether oxygens (including phenoxy) is 18. The van der Waals surface area contributed by atoms with E-state index in [9.17, 15) is 10.1 Å². The molecule has 0 saturated carbocycles. The number of carbonyl (C=O) groups is 1. The summed E-state index contributed by atoms with van der Waals surface area (Å²) in [6.45, 7) is 18.5. The van der Waals surface area contributed by atoms with Gasteiger partial charge in [0.05, 0.1) is 218 Å². The van der Waals surface area contributed by atoms with Gasteiger partial charge in [0.2, 0.25) is 0 Å². The first-order valence-corrected chi connectivity index (χ1v) is 25.5. The molecule has 2 aromatic rings. The fourth-order valence-electron chi connectivity index (χ4n) is 5.90. The lowest BCUT2D eigenvalue weighted by Crippen LogP contribution is -2.16. The van der Waals surface area contributed by atoms with Gasteiger partial charge in [-0.15, -0.1) is 0 Å². The molecule has 0 aliphatic rings. The molecule has 2 rings (SSSR count). The van der Waals surface area contributed by atoms with Gasteiger partial charge >= 0.3 is 5.97 Å². The Labute approximate surface area is 433 Å². The lowest BCUT2D eigenvalue weighted by atomic mass is 9.93. The van der Waals surface area contributed by atoms with Crippen LogP contribution in [0.3, 0.4) is 0 Å². The van der Waals surface area contributed by atoms with E-state index in [4.69, 9.17) is 85.3 Å². The first-order chi connectivity index (χ1) is 36.3. The highest BCUT2D eigenvalue weighted by atomic mass is 16.6. The second kappa shape index (κ2) is 53.3. The second-order valence-electron chi connectivity index (χ2n) is 15.1. The molecule has 0 aromatic heterocycles. The van der Waals surface area contributed by atoms with Gasteiger partial charge in [0.15, 0.2) is 0 Å². The Bertz CT molecular complexity index is 1510. The number of carbonyl (C=O) groups excluding carboxylic acids is 1. The Morgan fingerprint density at radius 3 is 0.699 bits per heavy atom. The molecule has 73 heavy (non-hydrogen) atoms. The van der Waals surface area contributed by atoms with Crippen molar-refractivity contribution in [3.05, 3.63) is 77.4 Å². The summed E-state index contributed by atoms with van der Waals surface area (Å²) in [5.74, 6) is -0.698. The Hall–Kier alpha value is -3.54. The van der Waals surface area contributed by atoms with E-state index >= 15 is 0 Å². The zero-order valence-corrected chi connectivity index (χ0v) is 43.4. The fraction of sp³-hybridized carbons (Fsp3) is 0.698. The molecule has 0 N–H and O–H groups in total. The van der Waals surface area contributed by atoms with Gasteiger partial charge in [0, 0.05) is 12.2 Å². The predicted molar refractivity (Wildman–Crippen MR) is 270 cm³/mol. The Morgan fingerprint density at radius 2 is 0.507 bits per heavy atom. The first-order valence-electron chi connectivity index (χ1n) is 25.5. The summed E-state index contributed by atoms with van der Waals surface area (Å²) >= 11 is 0. The van der Waals surface area contributed by atoms with Crippen LogP contribution < -0.4 is 0 Å². The number of nitriles is 1. The van der Waals surface area contributed by atoms with Gasteiger partial charge < -0.3 is 85.3 Å². The molecule has 20 nitrogen and oxygen atoms in total. The second-order valence-corrected chi connectivity index (χ2v) is 15.1. The van der Waals surface area contributed by atoms with Crippen molar-refractivity contribution in [2.45, 2.75) is 13.3 Å². The highest BCUT2D eigenvalue weighted by molar-refractivity contribution is 6.05. The van der Waals surface area contributed by atoms with Gasteiger partial charge in [-0.1, -0.05) is 67.6 Å². The molecule has 0 spiro atoms. The summed E-state index contributed by atoms with van der Waals surface area (Å²) in [6.07, 6.45) is 1.02. The minimum absolute atomic E-state index is 0.00896. The van der Waals surface area contributed by atoms with E-state index in [2.05, 4.69) is 6.92 Å². The van der Waals surface area contributed by atoms with Gasteiger partial charge in [-0.25, -0.2) is 4.79 Å². The van der Waals surface area contributed by atoms with Gasteiger partial charge in [-0.2, -0.15) is 5.26 Å². The molecule has 0 saturated heterocycles. The lowest BCUT2D eigenvalue weighted by molar-refractivity contribution is -0.140. The summed E-state index contributed by atoms with van der Waals surface area (Å²) < 4.78 is 98.7. The molecular formula is C53H85NO19. The molecular weight excluding hydrogens is 955 g/mol. The van der Waals surface area contributed by atoms with Crippen LogP contribution >= 0.6 is 0 Å². The van der Waals surface area contributed by atoms with Gasteiger partial charge in [-0.3, -0.25) is 0 Å². The van der Waals surface area contributed by atoms with E-state index in [-0.39, 0.29) is 18.8 Å². The van der Waals surface area contributed by atoms with Crippen molar-refractivity contribution >= 4 is 11.5 Å². The quantitative estimate of drug-likeness (QED) is 0.0393. The van der Waals surface area contributed by atoms with Crippen LogP contribution in [-0.4, -0.2) is 237 Å². The van der Waals surface area contributed by atoms with Crippen molar-refractivity contribution in [1.29, 1.82) is 5.26 Å². The van der Waals surface area contributed by atoms with Crippen molar-refractivity contribution in [3.63, 3.8) is 0 Å². The van der Waals surface area contributed by atoms with Crippen molar-refractivity contribution in [2.24, 2.45) is 0 Å². The molecule has 0 atom stereocenters. The molecule has 0 fully saturated rings. The largest absolute Gasteiger partial charge is 0.459 e. The number of hydrogen-bond donors (Lipinski definition) is 0. The highest BCUT2D eigenvalue weighted by Crippen LogP contribution is 2.27. The van der Waals surface area contributed by atoms with Crippen LogP contribution in [0.15, 0.2) is 66.2 Å². The molecule has 0 amide bonds. The Kier molecular flexibility index (Phi) is 47.9. The van der Waals surface area contributed by atoms with Crippen LogP contribution in [0.4, 0.5) is 0 Å². The SMILES string of the molecule is CCCOCCOCCOCCOCCOCCOCCOCCOCCOCCOCCOCCOCCOCCOCCOCCOCCOCCOC(=O)C(C#N)=C(c1ccccc1)c1ccccc1. The summed E-state index contributed by atoms with van der Waals surface area (Å²) in [5.41, 5.74) is 1.97. The van der Waals surface area contributed by atoms with E-state index in [0.29, 0.717) is 217 Å². The number of rotatable bonds is 56. The maximum absolute atomic E-state index is 12.8. The van der Waals surface area contributed by atoms with E-state index in [1.54, 1.807) is 0 Å². The van der Waals surface area contributed by atoms with Crippen LogP contribution in [0.25, 0.3) is 5.57 Å². The molecule has 2 aromatic carbocycles. The minimum atomic E-state index is -0.698.